The van der Waals surface area contributed by atoms with E-state index < -0.39 is 11.0 Å². The molecule has 0 aliphatic heterocycles. The van der Waals surface area contributed by atoms with Crippen molar-refractivity contribution in [2.24, 2.45) is 0 Å². The molecule has 0 fully saturated rings. The molecule has 0 aromatic heterocycles. The average molecular weight is 275 g/mol. The number of halogens is 1. The summed E-state index contributed by atoms with van der Waals surface area (Å²) in [4.78, 5) is 22.2. The van der Waals surface area contributed by atoms with E-state index in [4.69, 9.17) is 16.3 Å². The maximum Gasteiger partial charge on any atom is 0.293 e. The molecule has 0 bridgehead atoms. The summed E-state index contributed by atoms with van der Waals surface area (Å²) in [7, 11) is 0. The molecule has 2 rings (SSSR count). The van der Waals surface area contributed by atoms with Crippen molar-refractivity contribution in [3.63, 3.8) is 0 Å². The van der Waals surface area contributed by atoms with Crippen LogP contribution < -0.4 is 4.74 Å². The van der Waals surface area contributed by atoms with Crippen LogP contribution in [0.15, 0.2) is 54.6 Å². The van der Waals surface area contributed by atoms with Gasteiger partial charge in [0.25, 0.3) is 5.24 Å². The monoisotopic (exact) mass is 274 g/mol. The van der Waals surface area contributed by atoms with Gasteiger partial charge in [-0.05, 0) is 29.3 Å². The zero-order valence-corrected chi connectivity index (χ0v) is 10.8. The van der Waals surface area contributed by atoms with E-state index >= 15 is 0 Å². The molecule has 0 aliphatic rings. The normalized spacial score (nSPS) is 9.95. The number of carbonyl (C=O) groups is 2. The first-order valence-corrected chi connectivity index (χ1v) is 6.05. The largest absolute Gasteiger partial charge is 0.489 e. The molecule has 0 heterocycles. The van der Waals surface area contributed by atoms with E-state index in [0.29, 0.717) is 12.4 Å². The van der Waals surface area contributed by atoms with Crippen molar-refractivity contribution in [2.45, 2.75) is 6.61 Å². The lowest BCUT2D eigenvalue weighted by Crippen LogP contribution is -2.07. The van der Waals surface area contributed by atoms with Crippen LogP contribution in [-0.2, 0) is 11.4 Å². The number of ketones is 1. The second-order valence-electron chi connectivity index (χ2n) is 3.90. The fourth-order valence-electron chi connectivity index (χ4n) is 1.58. The van der Waals surface area contributed by atoms with E-state index in [0.717, 1.165) is 5.56 Å². The molecule has 0 N–H and O–H groups in total. The van der Waals surface area contributed by atoms with Crippen LogP contribution in [0.25, 0.3) is 0 Å². The van der Waals surface area contributed by atoms with E-state index in [1.807, 2.05) is 30.3 Å². The molecule has 0 aliphatic carbocycles. The molecule has 0 saturated heterocycles. The smallest absolute Gasteiger partial charge is 0.293 e. The van der Waals surface area contributed by atoms with Crippen LogP contribution in [0.1, 0.15) is 15.9 Å². The molecular weight excluding hydrogens is 264 g/mol. The van der Waals surface area contributed by atoms with Crippen molar-refractivity contribution in [3.05, 3.63) is 65.7 Å². The van der Waals surface area contributed by atoms with Crippen LogP contribution in [0.4, 0.5) is 0 Å². The van der Waals surface area contributed by atoms with Crippen LogP contribution >= 0.6 is 11.6 Å². The summed E-state index contributed by atoms with van der Waals surface area (Å²) in [6, 6.07) is 16.1. The molecule has 0 unspecified atom stereocenters. The van der Waals surface area contributed by atoms with Gasteiger partial charge in [0.05, 0.1) is 0 Å². The lowest BCUT2D eigenvalue weighted by atomic mass is 10.1. The molecule has 3 nitrogen and oxygen atoms in total. The van der Waals surface area contributed by atoms with Gasteiger partial charge in [0.15, 0.2) is 0 Å². The lowest BCUT2D eigenvalue weighted by Gasteiger charge is -2.07. The highest BCUT2D eigenvalue weighted by molar-refractivity contribution is 6.83. The van der Waals surface area contributed by atoms with E-state index in [9.17, 15) is 9.59 Å². The number of hydrogen-bond acceptors (Lipinski definition) is 3. The SMILES string of the molecule is O=C(Cl)C(=O)c1cccc(OCc2ccccc2)c1. The van der Waals surface area contributed by atoms with Gasteiger partial charge in [0.1, 0.15) is 12.4 Å². The second-order valence-corrected chi connectivity index (χ2v) is 4.25. The third-order valence-electron chi connectivity index (χ3n) is 2.52. The first kappa shape index (κ1) is 13.3. The maximum atomic E-state index is 11.4. The summed E-state index contributed by atoms with van der Waals surface area (Å²) in [6.07, 6.45) is 0. The molecule has 4 heteroatoms. The fourth-order valence-corrected chi connectivity index (χ4v) is 1.69. The highest BCUT2D eigenvalue weighted by Gasteiger charge is 2.13. The van der Waals surface area contributed by atoms with Crippen molar-refractivity contribution in [3.8, 4) is 5.75 Å². The summed E-state index contributed by atoms with van der Waals surface area (Å²) in [6.45, 7) is 0.396. The predicted molar refractivity (Wildman–Crippen MR) is 72.4 cm³/mol. The van der Waals surface area contributed by atoms with E-state index in [1.54, 1.807) is 12.1 Å². The zero-order chi connectivity index (χ0) is 13.7. The molecule has 96 valence electrons. The van der Waals surface area contributed by atoms with Gasteiger partial charge >= 0.3 is 0 Å². The van der Waals surface area contributed by atoms with Gasteiger partial charge < -0.3 is 4.74 Å². The van der Waals surface area contributed by atoms with Gasteiger partial charge in [-0.3, -0.25) is 9.59 Å². The molecule has 0 saturated carbocycles. The van der Waals surface area contributed by atoms with Crippen LogP contribution in [-0.4, -0.2) is 11.0 Å². The quantitative estimate of drug-likeness (QED) is 0.478. The summed E-state index contributed by atoms with van der Waals surface area (Å²) in [5.74, 6) is -0.209. The van der Waals surface area contributed by atoms with Crippen LogP contribution in [0, 0.1) is 0 Å². The van der Waals surface area contributed by atoms with Gasteiger partial charge in [-0.15, -0.1) is 0 Å². The molecule has 0 radical (unpaired) electrons. The standard InChI is InChI=1S/C15H11ClO3/c16-15(18)14(17)12-7-4-8-13(9-12)19-10-11-5-2-1-3-6-11/h1-9H,10H2. The van der Waals surface area contributed by atoms with E-state index in [2.05, 4.69) is 0 Å². The van der Waals surface area contributed by atoms with Crippen molar-refractivity contribution < 1.29 is 14.3 Å². The van der Waals surface area contributed by atoms with Gasteiger partial charge in [-0.2, -0.15) is 0 Å². The highest BCUT2D eigenvalue weighted by Crippen LogP contribution is 2.16. The molecule has 2 aromatic rings. The molecule has 0 amide bonds. The number of hydrogen-bond donors (Lipinski definition) is 0. The zero-order valence-electron chi connectivity index (χ0n) is 10.0. The van der Waals surface area contributed by atoms with Crippen LogP contribution in [0.3, 0.4) is 0 Å². The minimum Gasteiger partial charge on any atom is -0.489 e. The van der Waals surface area contributed by atoms with Gasteiger partial charge in [-0.25, -0.2) is 0 Å². The Kier molecular flexibility index (Phi) is 4.31. The maximum absolute atomic E-state index is 11.4. The van der Waals surface area contributed by atoms with Gasteiger partial charge in [0.2, 0.25) is 5.78 Å². The number of carbonyl (C=O) groups excluding carboxylic acids is 2. The third-order valence-corrected chi connectivity index (χ3v) is 2.69. The number of Topliss-reactive ketones (excluding diaryl/α,β-unsaturated/α-hetero) is 1. The third kappa shape index (κ3) is 3.66. The first-order valence-electron chi connectivity index (χ1n) is 5.68. The van der Waals surface area contributed by atoms with Crippen molar-refractivity contribution in [1.29, 1.82) is 0 Å². The van der Waals surface area contributed by atoms with Crippen molar-refractivity contribution in [1.82, 2.24) is 0 Å². The summed E-state index contributed by atoms with van der Waals surface area (Å²) >= 11 is 5.16. The summed E-state index contributed by atoms with van der Waals surface area (Å²) in [5.41, 5.74) is 1.25. The second kappa shape index (κ2) is 6.16. The van der Waals surface area contributed by atoms with Gasteiger partial charge in [-0.1, -0.05) is 42.5 Å². The first-order chi connectivity index (χ1) is 9.16. The Balaban J connectivity index is 2.07. The molecule has 19 heavy (non-hydrogen) atoms. The van der Waals surface area contributed by atoms with E-state index in [-0.39, 0.29) is 5.56 Å². The topological polar surface area (TPSA) is 43.4 Å². The van der Waals surface area contributed by atoms with E-state index in [1.165, 1.54) is 12.1 Å². The highest BCUT2D eigenvalue weighted by atomic mass is 35.5. The summed E-state index contributed by atoms with van der Waals surface area (Å²) in [5, 5.41) is -1.000. The number of ether oxygens (including phenoxy) is 1. The van der Waals surface area contributed by atoms with Crippen molar-refractivity contribution in [2.75, 3.05) is 0 Å². The summed E-state index contributed by atoms with van der Waals surface area (Å²) < 4.78 is 5.56. The Morgan fingerprint density at radius 3 is 2.42 bits per heavy atom. The average Bonchev–Trinajstić information content (AvgIpc) is 2.45. The molecule has 2 aromatic carbocycles. The minimum atomic E-state index is -1.000. The Bertz CT molecular complexity index is 593. The number of benzene rings is 2. The fraction of sp³-hybridized carbons (Fsp3) is 0.0667. The van der Waals surface area contributed by atoms with Crippen LogP contribution in [0.2, 0.25) is 0 Å². The Hall–Kier alpha value is -2.13. The van der Waals surface area contributed by atoms with Crippen LogP contribution in [0.5, 0.6) is 5.75 Å². The Morgan fingerprint density at radius 1 is 1.00 bits per heavy atom. The molecule has 0 atom stereocenters. The number of rotatable bonds is 5. The van der Waals surface area contributed by atoms with Gasteiger partial charge in [0, 0.05) is 5.56 Å². The minimum absolute atomic E-state index is 0.227. The Morgan fingerprint density at radius 2 is 1.74 bits per heavy atom. The molecule has 0 spiro atoms. The molecular formula is C15H11ClO3. The van der Waals surface area contributed by atoms with Crippen molar-refractivity contribution >= 4 is 22.6 Å². The lowest BCUT2D eigenvalue weighted by molar-refractivity contribution is -0.108. The predicted octanol–water partition coefficient (Wildman–Crippen LogP) is 3.21. The Labute approximate surface area is 115 Å².